The highest BCUT2D eigenvalue weighted by atomic mass is 35.5. The van der Waals surface area contributed by atoms with Gasteiger partial charge in [0.2, 0.25) is 5.95 Å². The molecule has 5 nitrogen and oxygen atoms in total. The lowest BCUT2D eigenvalue weighted by Crippen LogP contribution is -2.05. The smallest absolute Gasteiger partial charge is 0.249 e. The number of halogens is 2. The fraction of sp³-hybridized carbons (Fsp3) is 0.0625. The Morgan fingerprint density at radius 3 is 2.48 bits per heavy atom. The minimum Gasteiger partial charge on any atom is -0.365 e. The molecule has 1 aromatic heterocycles. The molecule has 3 rings (SSSR count). The van der Waals surface area contributed by atoms with Gasteiger partial charge in [-0.25, -0.2) is 4.39 Å². The molecular formula is C16H13ClFN5. The van der Waals surface area contributed by atoms with E-state index in [0.717, 1.165) is 5.56 Å². The molecule has 3 aromatic rings. The molecule has 23 heavy (non-hydrogen) atoms. The number of benzene rings is 2. The Bertz CT molecular complexity index is 777. The van der Waals surface area contributed by atoms with Crippen molar-refractivity contribution in [2.75, 3.05) is 10.6 Å². The molecule has 116 valence electrons. The number of hydrogen-bond donors (Lipinski definition) is 2. The van der Waals surface area contributed by atoms with Crippen molar-refractivity contribution in [3.05, 3.63) is 71.1 Å². The standard InChI is InChI=1S/C16H13ClFN5/c17-12-3-1-11(2-4-12)9-19-15-10-20-23-16(22-15)21-14-7-5-13(18)6-8-14/h1-8,10H,9H2,(H2,19,21,22,23). The lowest BCUT2D eigenvalue weighted by Gasteiger charge is -2.08. The van der Waals surface area contributed by atoms with E-state index in [-0.39, 0.29) is 5.82 Å². The zero-order valence-corrected chi connectivity index (χ0v) is 12.8. The van der Waals surface area contributed by atoms with Gasteiger partial charge in [-0.05, 0) is 42.0 Å². The van der Waals surface area contributed by atoms with Gasteiger partial charge in [0.1, 0.15) is 5.82 Å². The molecule has 0 spiro atoms. The van der Waals surface area contributed by atoms with Crippen LogP contribution >= 0.6 is 11.6 Å². The maximum atomic E-state index is 12.9. The highest BCUT2D eigenvalue weighted by Crippen LogP contribution is 2.15. The molecule has 0 atom stereocenters. The van der Waals surface area contributed by atoms with Gasteiger partial charge in [0.15, 0.2) is 5.82 Å². The van der Waals surface area contributed by atoms with Crippen molar-refractivity contribution < 1.29 is 4.39 Å². The van der Waals surface area contributed by atoms with Gasteiger partial charge in [0.25, 0.3) is 0 Å². The number of aromatic nitrogens is 3. The summed E-state index contributed by atoms with van der Waals surface area (Å²) in [6.45, 7) is 0.589. The fourth-order valence-electron chi connectivity index (χ4n) is 1.90. The van der Waals surface area contributed by atoms with Crippen molar-refractivity contribution in [2.45, 2.75) is 6.54 Å². The van der Waals surface area contributed by atoms with E-state index in [1.807, 2.05) is 24.3 Å². The van der Waals surface area contributed by atoms with Crippen molar-refractivity contribution >= 4 is 29.1 Å². The summed E-state index contributed by atoms with van der Waals surface area (Å²) in [5.74, 6) is 0.616. The molecule has 0 aliphatic heterocycles. The van der Waals surface area contributed by atoms with E-state index >= 15 is 0 Å². The first-order valence-corrected chi connectivity index (χ1v) is 7.27. The molecule has 2 aromatic carbocycles. The molecule has 0 saturated carbocycles. The molecule has 0 unspecified atom stereocenters. The Kier molecular flexibility index (Phi) is 4.63. The van der Waals surface area contributed by atoms with Crippen LogP contribution in [0.1, 0.15) is 5.56 Å². The van der Waals surface area contributed by atoms with Gasteiger partial charge in [0, 0.05) is 17.3 Å². The first-order valence-electron chi connectivity index (χ1n) is 6.90. The van der Waals surface area contributed by atoms with Crippen LogP contribution in [0.5, 0.6) is 0 Å². The molecule has 1 heterocycles. The molecule has 7 heteroatoms. The van der Waals surface area contributed by atoms with Crippen molar-refractivity contribution in [1.82, 2.24) is 15.2 Å². The van der Waals surface area contributed by atoms with Gasteiger partial charge in [-0.15, -0.1) is 5.10 Å². The summed E-state index contributed by atoms with van der Waals surface area (Å²) >= 11 is 5.85. The van der Waals surface area contributed by atoms with Crippen LogP contribution in [0.2, 0.25) is 5.02 Å². The highest BCUT2D eigenvalue weighted by Gasteiger charge is 2.02. The van der Waals surface area contributed by atoms with E-state index < -0.39 is 0 Å². The average molecular weight is 330 g/mol. The first kappa shape index (κ1) is 15.2. The summed E-state index contributed by atoms with van der Waals surface area (Å²) in [5, 5.41) is 14.6. The third-order valence-corrected chi connectivity index (χ3v) is 3.30. The van der Waals surface area contributed by atoms with Crippen molar-refractivity contribution in [2.24, 2.45) is 0 Å². The SMILES string of the molecule is Fc1ccc(Nc2nncc(NCc3ccc(Cl)cc3)n2)cc1. The molecule has 0 saturated heterocycles. The van der Waals surface area contributed by atoms with Crippen LogP contribution in [0.3, 0.4) is 0 Å². The lowest BCUT2D eigenvalue weighted by atomic mass is 10.2. The van der Waals surface area contributed by atoms with Crippen LogP contribution in [0.4, 0.5) is 21.8 Å². The Morgan fingerprint density at radius 2 is 1.74 bits per heavy atom. The van der Waals surface area contributed by atoms with Gasteiger partial charge in [-0.3, -0.25) is 0 Å². The van der Waals surface area contributed by atoms with Crippen molar-refractivity contribution in [1.29, 1.82) is 0 Å². The van der Waals surface area contributed by atoms with Gasteiger partial charge in [-0.1, -0.05) is 23.7 Å². The van der Waals surface area contributed by atoms with Gasteiger partial charge in [0.05, 0.1) is 6.20 Å². The third kappa shape index (κ3) is 4.37. The zero-order valence-electron chi connectivity index (χ0n) is 12.0. The zero-order chi connectivity index (χ0) is 16.1. The van der Waals surface area contributed by atoms with Crippen LogP contribution in [-0.4, -0.2) is 15.2 Å². The summed E-state index contributed by atoms with van der Waals surface area (Å²) in [6.07, 6.45) is 1.53. The maximum Gasteiger partial charge on any atom is 0.249 e. The largest absolute Gasteiger partial charge is 0.365 e. The molecular weight excluding hydrogens is 317 g/mol. The van der Waals surface area contributed by atoms with Crippen LogP contribution in [-0.2, 0) is 6.54 Å². The number of nitrogens with zero attached hydrogens (tertiary/aromatic N) is 3. The molecule has 0 aliphatic rings. The molecule has 0 amide bonds. The predicted octanol–water partition coefficient (Wildman–Crippen LogP) is 4.02. The topological polar surface area (TPSA) is 62.7 Å². The van der Waals surface area contributed by atoms with E-state index in [2.05, 4.69) is 25.8 Å². The molecule has 0 aliphatic carbocycles. The number of rotatable bonds is 5. The summed E-state index contributed by atoms with van der Waals surface area (Å²) in [6, 6.07) is 13.5. The quantitative estimate of drug-likeness (QED) is 0.740. The van der Waals surface area contributed by atoms with Crippen LogP contribution in [0, 0.1) is 5.82 Å². The van der Waals surface area contributed by atoms with Gasteiger partial charge < -0.3 is 10.6 Å². The average Bonchev–Trinajstić information content (AvgIpc) is 2.57. The van der Waals surface area contributed by atoms with Gasteiger partial charge in [-0.2, -0.15) is 10.1 Å². The van der Waals surface area contributed by atoms with E-state index in [1.54, 1.807) is 12.1 Å². The van der Waals surface area contributed by atoms with Crippen molar-refractivity contribution in [3.63, 3.8) is 0 Å². The van der Waals surface area contributed by atoms with Crippen molar-refractivity contribution in [3.8, 4) is 0 Å². The van der Waals surface area contributed by atoms with Crippen LogP contribution in [0.15, 0.2) is 54.7 Å². The summed E-state index contributed by atoms with van der Waals surface area (Å²) in [7, 11) is 0. The Balaban J connectivity index is 1.65. The lowest BCUT2D eigenvalue weighted by molar-refractivity contribution is 0.628. The normalized spacial score (nSPS) is 10.3. The van der Waals surface area contributed by atoms with E-state index in [4.69, 9.17) is 11.6 Å². The van der Waals surface area contributed by atoms with Crippen LogP contribution < -0.4 is 10.6 Å². The summed E-state index contributed by atoms with van der Waals surface area (Å²) < 4.78 is 12.9. The first-order chi connectivity index (χ1) is 11.2. The van der Waals surface area contributed by atoms with E-state index in [9.17, 15) is 4.39 Å². The van der Waals surface area contributed by atoms with E-state index in [1.165, 1.54) is 18.3 Å². The number of hydrogen-bond acceptors (Lipinski definition) is 5. The van der Waals surface area contributed by atoms with Crippen LogP contribution in [0.25, 0.3) is 0 Å². The minimum absolute atomic E-state index is 0.298. The fourth-order valence-corrected chi connectivity index (χ4v) is 2.02. The maximum absolute atomic E-state index is 12.9. The Hall–Kier alpha value is -2.73. The Morgan fingerprint density at radius 1 is 1.00 bits per heavy atom. The predicted molar refractivity (Wildman–Crippen MR) is 88.3 cm³/mol. The number of nitrogens with one attached hydrogen (secondary N) is 2. The molecule has 0 bridgehead atoms. The highest BCUT2D eigenvalue weighted by molar-refractivity contribution is 6.30. The molecule has 0 radical (unpaired) electrons. The monoisotopic (exact) mass is 329 g/mol. The second-order valence-electron chi connectivity index (χ2n) is 4.78. The second-order valence-corrected chi connectivity index (χ2v) is 5.21. The third-order valence-electron chi connectivity index (χ3n) is 3.05. The molecule has 0 fully saturated rings. The Labute approximate surface area is 137 Å². The number of anilines is 3. The minimum atomic E-state index is -0.298. The summed E-state index contributed by atoms with van der Waals surface area (Å²) in [4.78, 5) is 4.31. The van der Waals surface area contributed by atoms with Gasteiger partial charge >= 0.3 is 0 Å². The molecule has 2 N–H and O–H groups in total. The van der Waals surface area contributed by atoms with E-state index in [0.29, 0.717) is 29.0 Å². The second kappa shape index (κ2) is 7.02. The summed E-state index contributed by atoms with van der Waals surface area (Å²) in [5.41, 5.74) is 1.75.